The number of fused-ring (bicyclic) bond motifs is 1. The van der Waals surface area contributed by atoms with E-state index in [0.717, 1.165) is 90.3 Å². The maximum absolute atomic E-state index is 13.0. The standard InChI is InChI=1S/C20H31N5O3/c26-19(21-7-11-23-12-14-28-15-13-23)18-22-17(16-6-2-5-10-25(16)18)20(27)24-8-3-1-4-9-24/h1-15H2,(H,21,26). The van der Waals surface area contributed by atoms with Crippen molar-refractivity contribution >= 4 is 11.8 Å². The molecule has 0 bridgehead atoms. The molecule has 8 nitrogen and oxygen atoms in total. The van der Waals surface area contributed by atoms with Gasteiger partial charge in [-0.1, -0.05) is 0 Å². The molecule has 2 fully saturated rings. The van der Waals surface area contributed by atoms with Crippen LogP contribution in [-0.4, -0.2) is 83.6 Å². The van der Waals surface area contributed by atoms with Crippen LogP contribution in [0, 0.1) is 0 Å². The highest BCUT2D eigenvalue weighted by molar-refractivity contribution is 5.97. The van der Waals surface area contributed by atoms with Gasteiger partial charge < -0.3 is 19.5 Å². The van der Waals surface area contributed by atoms with Crippen LogP contribution in [0.3, 0.4) is 0 Å². The van der Waals surface area contributed by atoms with Gasteiger partial charge in [-0.15, -0.1) is 0 Å². The number of likely N-dealkylation sites (tertiary alicyclic amines) is 1. The third-order valence-electron chi connectivity index (χ3n) is 5.98. The minimum Gasteiger partial charge on any atom is -0.379 e. The predicted molar refractivity (Wildman–Crippen MR) is 105 cm³/mol. The summed E-state index contributed by atoms with van der Waals surface area (Å²) in [5.41, 5.74) is 1.44. The second-order valence-corrected chi connectivity index (χ2v) is 7.90. The maximum atomic E-state index is 13.0. The summed E-state index contributed by atoms with van der Waals surface area (Å²) in [4.78, 5) is 34.6. The summed E-state index contributed by atoms with van der Waals surface area (Å²) >= 11 is 0. The third-order valence-corrected chi connectivity index (χ3v) is 5.98. The van der Waals surface area contributed by atoms with Crippen molar-refractivity contribution in [2.24, 2.45) is 0 Å². The fourth-order valence-electron chi connectivity index (χ4n) is 4.37. The van der Waals surface area contributed by atoms with Crippen molar-refractivity contribution in [1.82, 2.24) is 24.7 Å². The zero-order valence-electron chi connectivity index (χ0n) is 16.6. The molecule has 1 aromatic rings. The van der Waals surface area contributed by atoms with E-state index in [9.17, 15) is 9.59 Å². The number of nitrogens with zero attached hydrogens (tertiary/aromatic N) is 4. The van der Waals surface area contributed by atoms with Gasteiger partial charge in [-0.05, 0) is 38.5 Å². The number of hydrogen-bond donors (Lipinski definition) is 1. The molecule has 3 aliphatic heterocycles. The van der Waals surface area contributed by atoms with E-state index >= 15 is 0 Å². The van der Waals surface area contributed by atoms with E-state index < -0.39 is 0 Å². The highest BCUT2D eigenvalue weighted by Crippen LogP contribution is 2.23. The van der Waals surface area contributed by atoms with Crippen LogP contribution in [-0.2, 0) is 17.7 Å². The molecule has 0 radical (unpaired) electrons. The van der Waals surface area contributed by atoms with E-state index in [1.54, 1.807) is 0 Å². The summed E-state index contributed by atoms with van der Waals surface area (Å²) in [6, 6.07) is 0. The van der Waals surface area contributed by atoms with E-state index in [2.05, 4.69) is 15.2 Å². The molecule has 1 N–H and O–H groups in total. The maximum Gasteiger partial charge on any atom is 0.287 e. The van der Waals surface area contributed by atoms with Gasteiger partial charge in [0.15, 0.2) is 5.82 Å². The van der Waals surface area contributed by atoms with Crippen LogP contribution >= 0.6 is 0 Å². The van der Waals surface area contributed by atoms with Crippen LogP contribution in [0.1, 0.15) is 58.9 Å². The molecular formula is C20H31N5O3. The molecule has 3 aliphatic rings. The van der Waals surface area contributed by atoms with Crippen molar-refractivity contribution in [3.8, 4) is 0 Å². The third kappa shape index (κ3) is 4.22. The number of nitrogens with one attached hydrogen (secondary N) is 1. The SMILES string of the molecule is O=C(NCCN1CCOCC1)c1nc(C(=O)N2CCCCC2)c2n1CCCC2. The molecule has 2 saturated heterocycles. The molecule has 28 heavy (non-hydrogen) atoms. The lowest BCUT2D eigenvalue weighted by Gasteiger charge is -2.26. The largest absolute Gasteiger partial charge is 0.379 e. The number of carbonyl (C=O) groups excluding carboxylic acids is 2. The number of ether oxygens (including phenoxy) is 1. The number of morpholine rings is 1. The Morgan fingerprint density at radius 2 is 1.71 bits per heavy atom. The van der Waals surface area contributed by atoms with Crippen LogP contribution in [0.5, 0.6) is 0 Å². The molecule has 0 aliphatic carbocycles. The Labute approximate surface area is 166 Å². The summed E-state index contributed by atoms with van der Waals surface area (Å²) in [7, 11) is 0. The van der Waals surface area contributed by atoms with Gasteiger partial charge in [-0.3, -0.25) is 14.5 Å². The van der Waals surface area contributed by atoms with Gasteiger partial charge in [0.25, 0.3) is 11.8 Å². The van der Waals surface area contributed by atoms with Gasteiger partial charge in [0, 0.05) is 45.8 Å². The Hall–Kier alpha value is -1.93. The lowest BCUT2D eigenvalue weighted by molar-refractivity contribution is 0.0383. The van der Waals surface area contributed by atoms with Gasteiger partial charge in [0.05, 0.1) is 18.9 Å². The van der Waals surface area contributed by atoms with Crippen LogP contribution in [0.25, 0.3) is 0 Å². The second-order valence-electron chi connectivity index (χ2n) is 7.90. The number of piperidine rings is 1. The van der Waals surface area contributed by atoms with E-state index in [1.165, 1.54) is 6.42 Å². The fourth-order valence-corrected chi connectivity index (χ4v) is 4.37. The molecule has 0 unspecified atom stereocenters. The van der Waals surface area contributed by atoms with Crippen molar-refractivity contribution in [2.45, 2.75) is 45.1 Å². The van der Waals surface area contributed by atoms with Crippen LogP contribution in [0.4, 0.5) is 0 Å². The first kappa shape index (κ1) is 19.4. The normalized spacial score (nSPS) is 20.6. The van der Waals surface area contributed by atoms with Crippen molar-refractivity contribution in [3.05, 3.63) is 17.2 Å². The lowest BCUT2D eigenvalue weighted by atomic mass is 10.1. The Morgan fingerprint density at radius 1 is 0.964 bits per heavy atom. The van der Waals surface area contributed by atoms with Gasteiger partial charge in [0.1, 0.15) is 5.69 Å². The first-order valence-corrected chi connectivity index (χ1v) is 10.7. The molecule has 0 spiro atoms. The molecule has 0 saturated carbocycles. The van der Waals surface area contributed by atoms with Gasteiger partial charge in [-0.2, -0.15) is 0 Å². The summed E-state index contributed by atoms with van der Waals surface area (Å²) in [5.74, 6) is 0.226. The Balaban J connectivity index is 1.44. The van der Waals surface area contributed by atoms with E-state index in [1.807, 2.05) is 9.47 Å². The lowest BCUT2D eigenvalue weighted by Crippen LogP contribution is -2.41. The van der Waals surface area contributed by atoms with Crippen molar-refractivity contribution < 1.29 is 14.3 Å². The van der Waals surface area contributed by atoms with Crippen LogP contribution < -0.4 is 5.32 Å². The summed E-state index contributed by atoms with van der Waals surface area (Å²) in [5, 5.41) is 3.00. The fraction of sp³-hybridized carbons (Fsp3) is 0.750. The van der Waals surface area contributed by atoms with Gasteiger partial charge in [0.2, 0.25) is 0 Å². The Bertz CT molecular complexity index is 705. The van der Waals surface area contributed by atoms with Crippen LogP contribution in [0.15, 0.2) is 0 Å². The first-order chi connectivity index (χ1) is 13.7. The number of hydrogen-bond acceptors (Lipinski definition) is 5. The number of carbonyl (C=O) groups is 2. The molecule has 154 valence electrons. The van der Waals surface area contributed by atoms with E-state index in [-0.39, 0.29) is 11.8 Å². The number of aromatic nitrogens is 2. The molecule has 4 heterocycles. The number of imidazole rings is 1. The van der Waals surface area contributed by atoms with Gasteiger partial charge in [-0.25, -0.2) is 4.98 Å². The summed E-state index contributed by atoms with van der Waals surface area (Å²) in [6.45, 7) is 7.07. The highest BCUT2D eigenvalue weighted by atomic mass is 16.5. The molecular weight excluding hydrogens is 358 g/mol. The molecule has 1 aromatic heterocycles. The zero-order chi connectivity index (χ0) is 19.3. The van der Waals surface area contributed by atoms with E-state index in [4.69, 9.17) is 4.74 Å². The summed E-state index contributed by atoms with van der Waals surface area (Å²) < 4.78 is 7.33. The topological polar surface area (TPSA) is 79.7 Å². The predicted octanol–water partition coefficient (Wildman–Crippen LogP) is 0.908. The first-order valence-electron chi connectivity index (χ1n) is 10.7. The molecule has 2 amide bonds. The average Bonchev–Trinajstić information content (AvgIpc) is 3.14. The van der Waals surface area contributed by atoms with Gasteiger partial charge >= 0.3 is 0 Å². The minimum atomic E-state index is -0.172. The number of rotatable bonds is 5. The molecule has 4 rings (SSSR count). The molecule has 0 aromatic carbocycles. The quantitative estimate of drug-likeness (QED) is 0.810. The monoisotopic (exact) mass is 389 g/mol. The zero-order valence-corrected chi connectivity index (χ0v) is 16.6. The second kappa shape index (κ2) is 9.05. The molecule has 8 heteroatoms. The summed E-state index contributed by atoms with van der Waals surface area (Å²) in [6.07, 6.45) is 6.18. The van der Waals surface area contributed by atoms with Crippen molar-refractivity contribution in [2.75, 3.05) is 52.5 Å². The van der Waals surface area contributed by atoms with E-state index in [0.29, 0.717) is 18.1 Å². The highest BCUT2D eigenvalue weighted by Gasteiger charge is 2.30. The molecule has 0 atom stereocenters. The number of amides is 2. The Kier molecular flexibility index (Phi) is 6.26. The van der Waals surface area contributed by atoms with Crippen molar-refractivity contribution in [3.63, 3.8) is 0 Å². The van der Waals surface area contributed by atoms with Crippen LogP contribution in [0.2, 0.25) is 0 Å². The minimum absolute atomic E-state index is 0.00211. The average molecular weight is 390 g/mol. The Morgan fingerprint density at radius 3 is 2.50 bits per heavy atom. The van der Waals surface area contributed by atoms with Crippen molar-refractivity contribution in [1.29, 1.82) is 0 Å². The smallest absolute Gasteiger partial charge is 0.287 e.